The molecule has 8 aromatic carbocycles. The second kappa shape index (κ2) is 8.80. The van der Waals surface area contributed by atoms with Crippen molar-refractivity contribution < 1.29 is 4.74 Å². The molecule has 0 unspecified atom stereocenters. The highest BCUT2D eigenvalue weighted by Crippen LogP contribution is 2.53. The minimum atomic E-state index is -0.846. The molecular weight excluding hydrogens is 508 g/mol. The lowest BCUT2D eigenvalue weighted by atomic mass is 9.73. The maximum absolute atomic E-state index is 7.39. The van der Waals surface area contributed by atoms with E-state index in [4.69, 9.17) is 4.74 Å². The van der Waals surface area contributed by atoms with Crippen molar-refractivity contribution in [3.05, 3.63) is 174 Å². The van der Waals surface area contributed by atoms with Crippen LogP contribution in [0.4, 0.5) is 0 Å². The molecule has 0 aromatic heterocycles. The SMILES string of the molecule is C1=C(c2ccc3ccc4cccc5ccc2c3c45)C(c2ccccc2)(c2ccccc2)Oc2ccc3ccccc3c21. The summed E-state index contributed by atoms with van der Waals surface area (Å²) >= 11 is 0. The molecule has 1 heteroatoms. The van der Waals surface area contributed by atoms with Gasteiger partial charge in [-0.2, -0.15) is 0 Å². The third kappa shape index (κ3) is 3.19. The van der Waals surface area contributed by atoms with Crippen molar-refractivity contribution >= 4 is 54.7 Å². The van der Waals surface area contributed by atoms with Gasteiger partial charge in [0, 0.05) is 22.3 Å². The van der Waals surface area contributed by atoms with Crippen LogP contribution in [0.3, 0.4) is 0 Å². The van der Waals surface area contributed by atoms with Crippen LogP contribution >= 0.6 is 0 Å². The summed E-state index contributed by atoms with van der Waals surface area (Å²) in [5.74, 6) is 0.892. The van der Waals surface area contributed by atoms with Gasteiger partial charge in [-0.25, -0.2) is 0 Å². The Hall–Kier alpha value is -5.40. The van der Waals surface area contributed by atoms with Gasteiger partial charge in [-0.15, -0.1) is 0 Å². The molecule has 0 bridgehead atoms. The highest BCUT2D eigenvalue weighted by molar-refractivity contribution is 6.25. The van der Waals surface area contributed by atoms with E-state index in [1.165, 1.54) is 48.7 Å². The normalized spacial score (nSPS) is 14.2. The van der Waals surface area contributed by atoms with E-state index in [9.17, 15) is 0 Å². The van der Waals surface area contributed by atoms with Crippen LogP contribution in [0.25, 0.3) is 54.7 Å². The molecule has 0 aliphatic carbocycles. The smallest absolute Gasteiger partial charge is 0.185 e. The zero-order chi connectivity index (χ0) is 27.7. The zero-order valence-electron chi connectivity index (χ0n) is 22.9. The maximum atomic E-state index is 7.39. The molecule has 0 fully saturated rings. The molecule has 0 radical (unpaired) electrons. The van der Waals surface area contributed by atoms with E-state index >= 15 is 0 Å². The second-order valence-electron chi connectivity index (χ2n) is 11.2. The number of benzene rings is 8. The van der Waals surface area contributed by atoms with Gasteiger partial charge < -0.3 is 4.74 Å². The van der Waals surface area contributed by atoms with Gasteiger partial charge >= 0.3 is 0 Å². The third-order valence-corrected chi connectivity index (χ3v) is 9.04. The topological polar surface area (TPSA) is 9.23 Å². The predicted molar refractivity (Wildman–Crippen MR) is 176 cm³/mol. The molecular formula is C41H26O. The molecule has 1 heterocycles. The fourth-order valence-electron chi connectivity index (χ4n) is 7.16. The van der Waals surface area contributed by atoms with E-state index < -0.39 is 5.60 Å². The van der Waals surface area contributed by atoms with Gasteiger partial charge in [0.1, 0.15) is 5.75 Å². The van der Waals surface area contributed by atoms with Gasteiger partial charge in [-0.3, -0.25) is 0 Å². The van der Waals surface area contributed by atoms with Crippen molar-refractivity contribution in [2.45, 2.75) is 5.60 Å². The molecule has 0 amide bonds. The minimum Gasteiger partial charge on any atom is -0.472 e. The standard InChI is InChI=1S/C41H26O/c1-3-13-31(14-4-1)41(32-15-5-2-6-16-32)37(26-36-33-17-8-7-10-27(33)22-25-38(36)42-41)34-23-20-30-19-18-28-11-9-12-29-21-24-35(34)40(30)39(28)29/h1-26H. The first kappa shape index (κ1) is 23.3. The Kier molecular flexibility index (Phi) is 4.88. The number of hydrogen-bond donors (Lipinski definition) is 0. The predicted octanol–water partition coefficient (Wildman–Crippen LogP) is 10.6. The summed E-state index contributed by atoms with van der Waals surface area (Å²) < 4.78 is 7.39. The average molecular weight is 535 g/mol. The quantitative estimate of drug-likeness (QED) is 0.205. The molecule has 9 rings (SSSR count). The fourth-order valence-corrected chi connectivity index (χ4v) is 7.16. The van der Waals surface area contributed by atoms with Crippen LogP contribution in [0.2, 0.25) is 0 Å². The van der Waals surface area contributed by atoms with Crippen LogP contribution in [0.5, 0.6) is 5.75 Å². The van der Waals surface area contributed by atoms with Gasteiger partial charge in [-0.1, -0.05) is 146 Å². The Morgan fingerprint density at radius 3 is 1.71 bits per heavy atom. The van der Waals surface area contributed by atoms with Gasteiger partial charge in [0.2, 0.25) is 0 Å². The van der Waals surface area contributed by atoms with Crippen molar-refractivity contribution in [2.75, 3.05) is 0 Å². The largest absolute Gasteiger partial charge is 0.472 e. The third-order valence-electron chi connectivity index (χ3n) is 9.04. The molecule has 42 heavy (non-hydrogen) atoms. The Balaban J connectivity index is 1.46. The Morgan fingerprint density at radius 1 is 0.405 bits per heavy atom. The highest BCUT2D eigenvalue weighted by atomic mass is 16.5. The van der Waals surface area contributed by atoms with Crippen LogP contribution < -0.4 is 4.74 Å². The summed E-state index contributed by atoms with van der Waals surface area (Å²) in [6.45, 7) is 0. The van der Waals surface area contributed by atoms with E-state index in [0.717, 1.165) is 28.0 Å². The first-order chi connectivity index (χ1) is 20.8. The van der Waals surface area contributed by atoms with Gasteiger partial charge in [0.15, 0.2) is 5.60 Å². The number of rotatable bonds is 3. The van der Waals surface area contributed by atoms with Crippen molar-refractivity contribution in [2.24, 2.45) is 0 Å². The van der Waals surface area contributed by atoms with E-state index in [1.807, 2.05) is 0 Å². The van der Waals surface area contributed by atoms with Crippen molar-refractivity contribution in [3.8, 4) is 5.75 Å². The molecule has 1 nitrogen and oxygen atoms in total. The molecule has 196 valence electrons. The summed E-state index contributed by atoms with van der Waals surface area (Å²) in [5, 5.41) is 10.1. The number of ether oxygens (including phenoxy) is 1. The van der Waals surface area contributed by atoms with E-state index in [0.29, 0.717) is 0 Å². The maximum Gasteiger partial charge on any atom is 0.185 e. The lowest BCUT2D eigenvalue weighted by Gasteiger charge is -2.41. The van der Waals surface area contributed by atoms with Crippen molar-refractivity contribution in [1.82, 2.24) is 0 Å². The lowest BCUT2D eigenvalue weighted by Crippen LogP contribution is -2.38. The lowest BCUT2D eigenvalue weighted by molar-refractivity contribution is 0.172. The molecule has 1 aliphatic rings. The van der Waals surface area contributed by atoms with E-state index in [2.05, 4.69) is 158 Å². The van der Waals surface area contributed by atoms with E-state index in [-0.39, 0.29) is 0 Å². The Bertz CT molecular complexity index is 2260. The zero-order valence-corrected chi connectivity index (χ0v) is 22.9. The summed E-state index contributed by atoms with van der Waals surface area (Å²) in [7, 11) is 0. The minimum absolute atomic E-state index is 0.846. The summed E-state index contributed by atoms with van der Waals surface area (Å²) in [5.41, 5.74) is 4.81. The molecule has 0 N–H and O–H groups in total. The summed E-state index contributed by atoms with van der Waals surface area (Å²) in [6.07, 6.45) is 2.40. The average Bonchev–Trinajstić information content (AvgIpc) is 3.07. The van der Waals surface area contributed by atoms with Crippen LogP contribution in [0.1, 0.15) is 22.3 Å². The molecule has 0 saturated heterocycles. The fraction of sp³-hybridized carbons (Fsp3) is 0.0244. The molecule has 8 aromatic rings. The van der Waals surface area contributed by atoms with Crippen LogP contribution in [-0.4, -0.2) is 0 Å². The molecule has 0 saturated carbocycles. The summed E-state index contributed by atoms with van der Waals surface area (Å²) in [4.78, 5) is 0. The van der Waals surface area contributed by atoms with E-state index in [1.54, 1.807) is 0 Å². The Morgan fingerprint density at radius 2 is 0.976 bits per heavy atom. The first-order valence-electron chi connectivity index (χ1n) is 14.5. The second-order valence-corrected chi connectivity index (χ2v) is 11.2. The monoisotopic (exact) mass is 534 g/mol. The number of hydrogen-bond acceptors (Lipinski definition) is 1. The molecule has 0 spiro atoms. The van der Waals surface area contributed by atoms with Crippen molar-refractivity contribution in [3.63, 3.8) is 0 Å². The molecule has 0 atom stereocenters. The van der Waals surface area contributed by atoms with Crippen LogP contribution in [0, 0.1) is 0 Å². The van der Waals surface area contributed by atoms with Gasteiger partial charge in [0.25, 0.3) is 0 Å². The van der Waals surface area contributed by atoms with Crippen LogP contribution in [-0.2, 0) is 5.60 Å². The van der Waals surface area contributed by atoms with Crippen molar-refractivity contribution in [1.29, 1.82) is 0 Å². The molecule has 1 aliphatic heterocycles. The number of fused-ring (bicyclic) bond motifs is 3. The summed E-state index contributed by atoms with van der Waals surface area (Å²) in [6, 6.07) is 54.5. The van der Waals surface area contributed by atoms with Gasteiger partial charge in [-0.05, 0) is 60.8 Å². The van der Waals surface area contributed by atoms with Crippen LogP contribution in [0.15, 0.2) is 152 Å². The first-order valence-corrected chi connectivity index (χ1v) is 14.5. The van der Waals surface area contributed by atoms with Gasteiger partial charge in [0.05, 0.1) is 0 Å². The highest BCUT2D eigenvalue weighted by Gasteiger charge is 2.45. The Labute approximate surface area is 244 Å².